The third kappa shape index (κ3) is 3.82. The summed E-state index contributed by atoms with van der Waals surface area (Å²) in [4.78, 5) is 15.5. The van der Waals surface area contributed by atoms with Crippen molar-refractivity contribution in [3.05, 3.63) is 53.7 Å². The van der Waals surface area contributed by atoms with Crippen molar-refractivity contribution in [1.29, 1.82) is 0 Å². The molecule has 0 unspecified atom stereocenters. The van der Waals surface area contributed by atoms with Crippen molar-refractivity contribution in [2.45, 2.75) is 12.7 Å². The number of halogens is 3. The van der Waals surface area contributed by atoms with Gasteiger partial charge in [-0.25, -0.2) is 10.4 Å². The number of benzene rings is 1. The van der Waals surface area contributed by atoms with Gasteiger partial charge < -0.3 is 4.42 Å². The third-order valence-electron chi connectivity index (χ3n) is 2.76. The summed E-state index contributed by atoms with van der Waals surface area (Å²) in [6.07, 6.45) is -2.01. The molecule has 0 fully saturated rings. The maximum Gasteiger partial charge on any atom is 0.416 e. The van der Waals surface area contributed by atoms with Gasteiger partial charge in [0.05, 0.1) is 5.56 Å². The predicted molar refractivity (Wildman–Crippen MR) is 66.9 cm³/mol. The van der Waals surface area contributed by atoms with Crippen LogP contribution >= 0.6 is 0 Å². The molecule has 2 aromatic rings. The molecule has 0 aliphatic rings. The number of alkyl halides is 3. The molecular weight excluding hydrogens is 287 g/mol. The number of oxazole rings is 1. The summed E-state index contributed by atoms with van der Waals surface area (Å²) in [5.41, 5.74) is 2.81. The van der Waals surface area contributed by atoms with E-state index in [1.807, 2.05) is 0 Å². The van der Waals surface area contributed by atoms with Gasteiger partial charge in [0.15, 0.2) is 12.1 Å². The van der Waals surface area contributed by atoms with Crippen molar-refractivity contribution >= 4 is 5.91 Å². The second-order valence-corrected chi connectivity index (χ2v) is 4.27. The Morgan fingerprint density at radius 2 is 2.00 bits per heavy atom. The molecule has 1 aromatic carbocycles. The van der Waals surface area contributed by atoms with Gasteiger partial charge in [-0.2, -0.15) is 13.2 Å². The molecule has 0 spiro atoms. The lowest BCUT2D eigenvalue weighted by molar-refractivity contribution is -0.137. The minimum absolute atomic E-state index is 0.136. The molecular formula is C13H12F3N3O2. The minimum Gasteiger partial charge on any atom is -0.451 e. The second kappa shape index (κ2) is 5.96. The molecule has 0 radical (unpaired) electrons. The highest BCUT2D eigenvalue weighted by molar-refractivity contribution is 5.91. The minimum atomic E-state index is -4.36. The molecule has 2 rings (SSSR count). The van der Waals surface area contributed by atoms with Crippen LogP contribution in [0.1, 0.15) is 21.6 Å². The number of hydrogen-bond acceptors (Lipinski definition) is 4. The number of nitrogens with zero attached hydrogens (tertiary/aromatic N) is 2. The SMILES string of the molecule is CN(NCc1ccc(C(F)(F)F)cc1)C(=O)c1cocn1. The van der Waals surface area contributed by atoms with E-state index in [9.17, 15) is 18.0 Å². The summed E-state index contributed by atoms with van der Waals surface area (Å²) in [5, 5.41) is 1.19. The lowest BCUT2D eigenvalue weighted by Gasteiger charge is -2.17. The molecule has 5 nitrogen and oxygen atoms in total. The normalized spacial score (nSPS) is 11.4. The molecule has 0 atom stereocenters. The van der Waals surface area contributed by atoms with Crippen molar-refractivity contribution in [3.63, 3.8) is 0 Å². The quantitative estimate of drug-likeness (QED) is 0.881. The lowest BCUT2D eigenvalue weighted by Crippen LogP contribution is -2.39. The van der Waals surface area contributed by atoms with E-state index in [0.717, 1.165) is 18.5 Å². The van der Waals surface area contributed by atoms with E-state index < -0.39 is 17.6 Å². The molecule has 8 heteroatoms. The van der Waals surface area contributed by atoms with Crippen LogP contribution in [0.4, 0.5) is 13.2 Å². The van der Waals surface area contributed by atoms with Gasteiger partial charge in [0, 0.05) is 13.6 Å². The van der Waals surface area contributed by atoms with Crippen molar-refractivity contribution in [3.8, 4) is 0 Å². The molecule has 0 aliphatic heterocycles. The summed E-state index contributed by atoms with van der Waals surface area (Å²) in [5.74, 6) is -0.407. The maximum atomic E-state index is 12.4. The van der Waals surface area contributed by atoms with E-state index in [4.69, 9.17) is 4.42 Å². The zero-order chi connectivity index (χ0) is 15.5. The van der Waals surface area contributed by atoms with Crippen LogP contribution < -0.4 is 5.43 Å². The molecule has 0 saturated heterocycles. The van der Waals surface area contributed by atoms with Crippen molar-refractivity contribution in [2.75, 3.05) is 7.05 Å². The van der Waals surface area contributed by atoms with Gasteiger partial charge in [-0.3, -0.25) is 9.80 Å². The van der Waals surface area contributed by atoms with Crippen molar-refractivity contribution < 1.29 is 22.4 Å². The Hall–Kier alpha value is -2.35. The third-order valence-corrected chi connectivity index (χ3v) is 2.76. The average Bonchev–Trinajstić information content (AvgIpc) is 2.97. The van der Waals surface area contributed by atoms with Crippen LogP contribution in [0.25, 0.3) is 0 Å². The number of rotatable bonds is 4. The van der Waals surface area contributed by atoms with Crippen LogP contribution in [0.15, 0.2) is 41.3 Å². The second-order valence-electron chi connectivity index (χ2n) is 4.27. The van der Waals surface area contributed by atoms with Gasteiger partial charge in [0.25, 0.3) is 5.91 Å². The number of nitrogens with one attached hydrogen (secondary N) is 1. The standard InChI is InChI=1S/C13H12F3N3O2/c1-19(12(20)11-7-21-8-17-11)18-6-9-2-4-10(5-3-9)13(14,15)16/h2-5,7-8,18H,6H2,1H3. The Morgan fingerprint density at radius 1 is 1.33 bits per heavy atom. The summed E-state index contributed by atoms with van der Waals surface area (Å²) in [6, 6.07) is 4.70. The Labute approximate surface area is 118 Å². The molecule has 0 bridgehead atoms. The zero-order valence-corrected chi connectivity index (χ0v) is 11.0. The Balaban J connectivity index is 1.92. The highest BCUT2D eigenvalue weighted by atomic mass is 19.4. The highest BCUT2D eigenvalue weighted by Gasteiger charge is 2.29. The van der Waals surface area contributed by atoms with Crippen LogP contribution in [0.3, 0.4) is 0 Å². The van der Waals surface area contributed by atoms with E-state index in [-0.39, 0.29) is 12.2 Å². The van der Waals surface area contributed by atoms with E-state index in [1.165, 1.54) is 30.5 Å². The molecule has 112 valence electrons. The van der Waals surface area contributed by atoms with Crippen LogP contribution in [-0.2, 0) is 12.7 Å². The van der Waals surface area contributed by atoms with Gasteiger partial charge in [-0.05, 0) is 17.7 Å². The summed E-state index contributed by atoms with van der Waals surface area (Å²) >= 11 is 0. The fraction of sp³-hybridized carbons (Fsp3) is 0.231. The molecule has 1 amide bonds. The first-order chi connectivity index (χ1) is 9.88. The van der Waals surface area contributed by atoms with Crippen LogP contribution in [0.2, 0.25) is 0 Å². The van der Waals surface area contributed by atoms with E-state index in [0.29, 0.717) is 5.56 Å². The average molecular weight is 299 g/mol. The van der Waals surface area contributed by atoms with Gasteiger partial charge in [-0.1, -0.05) is 12.1 Å². The summed E-state index contributed by atoms with van der Waals surface area (Å²) in [7, 11) is 1.49. The topological polar surface area (TPSA) is 58.4 Å². The van der Waals surface area contributed by atoms with Crippen LogP contribution in [0.5, 0.6) is 0 Å². The Morgan fingerprint density at radius 3 is 2.52 bits per heavy atom. The number of amides is 1. The largest absolute Gasteiger partial charge is 0.451 e. The number of hydrogen-bond donors (Lipinski definition) is 1. The molecule has 1 heterocycles. The summed E-state index contributed by atoms with van der Waals surface area (Å²) < 4.78 is 41.9. The first-order valence-corrected chi connectivity index (χ1v) is 5.94. The molecule has 21 heavy (non-hydrogen) atoms. The van der Waals surface area contributed by atoms with E-state index in [2.05, 4.69) is 10.4 Å². The smallest absolute Gasteiger partial charge is 0.416 e. The predicted octanol–water partition coefficient (Wildman–Crippen LogP) is 2.47. The summed E-state index contributed by atoms with van der Waals surface area (Å²) in [6.45, 7) is 0.207. The molecule has 0 saturated carbocycles. The lowest BCUT2D eigenvalue weighted by atomic mass is 10.1. The van der Waals surface area contributed by atoms with Gasteiger partial charge in [-0.15, -0.1) is 0 Å². The number of carbonyl (C=O) groups excluding carboxylic acids is 1. The highest BCUT2D eigenvalue weighted by Crippen LogP contribution is 2.29. The Kier molecular flexibility index (Phi) is 4.27. The fourth-order valence-corrected chi connectivity index (χ4v) is 1.58. The molecule has 1 aromatic heterocycles. The Bertz CT molecular complexity index is 594. The van der Waals surface area contributed by atoms with Gasteiger partial charge in [0.1, 0.15) is 6.26 Å². The zero-order valence-electron chi connectivity index (χ0n) is 11.0. The van der Waals surface area contributed by atoms with Crippen molar-refractivity contribution in [2.24, 2.45) is 0 Å². The maximum absolute atomic E-state index is 12.4. The number of hydrazine groups is 1. The number of aromatic nitrogens is 1. The fourth-order valence-electron chi connectivity index (χ4n) is 1.58. The number of carbonyl (C=O) groups is 1. The first-order valence-electron chi connectivity index (χ1n) is 5.94. The van der Waals surface area contributed by atoms with Gasteiger partial charge >= 0.3 is 6.18 Å². The van der Waals surface area contributed by atoms with Crippen LogP contribution in [-0.4, -0.2) is 22.9 Å². The van der Waals surface area contributed by atoms with E-state index in [1.54, 1.807) is 0 Å². The molecule has 0 aliphatic carbocycles. The molecule has 1 N–H and O–H groups in total. The first kappa shape index (κ1) is 15.0. The van der Waals surface area contributed by atoms with Crippen molar-refractivity contribution in [1.82, 2.24) is 15.4 Å². The van der Waals surface area contributed by atoms with E-state index >= 15 is 0 Å². The van der Waals surface area contributed by atoms with Gasteiger partial charge in [0.2, 0.25) is 0 Å². The van der Waals surface area contributed by atoms with Crippen LogP contribution in [0, 0.1) is 0 Å². The monoisotopic (exact) mass is 299 g/mol.